The van der Waals surface area contributed by atoms with Crippen LogP contribution in [0, 0.1) is 0 Å². The van der Waals surface area contributed by atoms with Gasteiger partial charge in [-0.25, -0.2) is 4.79 Å². The van der Waals surface area contributed by atoms with Gasteiger partial charge in [-0.3, -0.25) is 0 Å². The first kappa shape index (κ1) is 21.4. The minimum Gasteiger partial charge on any atom is -0.478 e. The molecule has 0 fully saturated rings. The van der Waals surface area contributed by atoms with Gasteiger partial charge in [0.15, 0.2) is 0 Å². The maximum Gasteiger partial charge on any atom is 0.328 e. The summed E-state index contributed by atoms with van der Waals surface area (Å²) >= 11 is 0. The van der Waals surface area contributed by atoms with Gasteiger partial charge in [0.25, 0.3) is 0 Å². The fourth-order valence-electron chi connectivity index (χ4n) is 2.16. The Balaban J connectivity index is 3.36. The lowest BCUT2D eigenvalue weighted by Gasteiger charge is -2.03. The molecule has 0 aromatic heterocycles. The second-order valence-corrected chi connectivity index (χ2v) is 5.80. The van der Waals surface area contributed by atoms with Crippen LogP contribution in [0.3, 0.4) is 0 Å². The van der Waals surface area contributed by atoms with E-state index in [1.807, 2.05) is 25.2 Å². The van der Waals surface area contributed by atoms with E-state index in [2.05, 4.69) is 6.08 Å². The first-order valence-corrected chi connectivity index (χ1v) is 8.70. The van der Waals surface area contributed by atoms with E-state index < -0.39 is 5.97 Å². The fraction of sp³-hybridized carbons (Fsp3) is 0.550. The van der Waals surface area contributed by atoms with Gasteiger partial charge >= 0.3 is 5.97 Å². The Morgan fingerprint density at radius 3 is 1.96 bits per heavy atom. The Bertz CT molecular complexity index is 390. The molecule has 0 bridgehead atoms. The third-order valence-electron chi connectivity index (χ3n) is 3.42. The minimum atomic E-state index is -0.932. The standard InChI is InChI=1S/C20H32O3/c1-19(21)17-15-13-11-9-7-5-3-2-4-6-8-10-12-14-16-18-20(22)23/h4,6,8,10,12,14,16,18-19,21H,2-3,5,7,9,11,13,15,17H2,1H3,(H,22,23). The molecule has 3 heteroatoms. The van der Waals surface area contributed by atoms with Crippen molar-refractivity contribution in [3.05, 3.63) is 48.6 Å². The van der Waals surface area contributed by atoms with Crippen molar-refractivity contribution < 1.29 is 15.0 Å². The zero-order valence-electron chi connectivity index (χ0n) is 14.4. The quantitative estimate of drug-likeness (QED) is 0.263. The fourth-order valence-corrected chi connectivity index (χ4v) is 2.16. The molecule has 3 nitrogen and oxygen atoms in total. The van der Waals surface area contributed by atoms with E-state index in [1.165, 1.54) is 44.6 Å². The highest BCUT2D eigenvalue weighted by atomic mass is 16.4. The van der Waals surface area contributed by atoms with Crippen LogP contribution in [0.25, 0.3) is 0 Å². The maximum absolute atomic E-state index is 10.2. The number of unbranched alkanes of at least 4 members (excludes halogenated alkanes) is 7. The average Bonchev–Trinajstić information content (AvgIpc) is 2.49. The van der Waals surface area contributed by atoms with Crippen molar-refractivity contribution in [2.45, 2.75) is 70.8 Å². The molecular formula is C20H32O3. The minimum absolute atomic E-state index is 0.146. The summed E-state index contributed by atoms with van der Waals surface area (Å²) in [6, 6.07) is 0. The molecule has 0 saturated carbocycles. The highest BCUT2D eigenvalue weighted by Gasteiger charge is 1.95. The van der Waals surface area contributed by atoms with E-state index in [9.17, 15) is 4.79 Å². The van der Waals surface area contributed by atoms with E-state index in [1.54, 1.807) is 12.2 Å². The van der Waals surface area contributed by atoms with E-state index in [-0.39, 0.29) is 6.10 Å². The molecule has 23 heavy (non-hydrogen) atoms. The summed E-state index contributed by atoms with van der Waals surface area (Å²) in [5.41, 5.74) is 0. The van der Waals surface area contributed by atoms with Gasteiger partial charge < -0.3 is 10.2 Å². The number of aliphatic hydroxyl groups excluding tert-OH is 1. The first-order valence-electron chi connectivity index (χ1n) is 8.70. The number of hydrogen-bond donors (Lipinski definition) is 2. The van der Waals surface area contributed by atoms with Crippen LogP contribution in [0.2, 0.25) is 0 Å². The Morgan fingerprint density at radius 2 is 1.35 bits per heavy atom. The monoisotopic (exact) mass is 320 g/mol. The van der Waals surface area contributed by atoms with E-state index in [4.69, 9.17) is 10.2 Å². The summed E-state index contributed by atoms with van der Waals surface area (Å²) in [4.78, 5) is 10.2. The van der Waals surface area contributed by atoms with Crippen molar-refractivity contribution >= 4 is 5.97 Å². The predicted octanol–water partition coefficient (Wildman–Crippen LogP) is 5.19. The lowest BCUT2D eigenvalue weighted by Crippen LogP contribution is -1.98. The molecule has 0 aromatic carbocycles. The van der Waals surface area contributed by atoms with Crippen molar-refractivity contribution in [3.63, 3.8) is 0 Å². The van der Waals surface area contributed by atoms with E-state index >= 15 is 0 Å². The number of carbonyl (C=O) groups is 1. The molecular weight excluding hydrogens is 288 g/mol. The van der Waals surface area contributed by atoms with Crippen molar-refractivity contribution in [1.29, 1.82) is 0 Å². The number of aliphatic carboxylic acids is 1. The van der Waals surface area contributed by atoms with Crippen LogP contribution < -0.4 is 0 Å². The highest BCUT2D eigenvalue weighted by Crippen LogP contribution is 2.10. The number of allylic oxidation sites excluding steroid dienone is 7. The van der Waals surface area contributed by atoms with Crippen LogP contribution in [-0.2, 0) is 4.79 Å². The molecule has 0 aliphatic heterocycles. The van der Waals surface area contributed by atoms with Gasteiger partial charge in [0.05, 0.1) is 6.10 Å². The Morgan fingerprint density at radius 1 is 0.826 bits per heavy atom. The molecule has 0 saturated heterocycles. The lowest BCUT2D eigenvalue weighted by molar-refractivity contribution is -0.131. The molecule has 0 heterocycles. The average molecular weight is 320 g/mol. The second-order valence-electron chi connectivity index (χ2n) is 5.80. The molecule has 0 spiro atoms. The van der Waals surface area contributed by atoms with Gasteiger partial charge in [-0.15, -0.1) is 0 Å². The molecule has 2 N–H and O–H groups in total. The van der Waals surface area contributed by atoms with Gasteiger partial charge in [-0.2, -0.15) is 0 Å². The van der Waals surface area contributed by atoms with Crippen LogP contribution in [0.15, 0.2) is 48.6 Å². The topological polar surface area (TPSA) is 57.5 Å². The summed E-state index contributed by atoms with van der Waals surface area (Å²) in [7, 11) is 0. The lowest BCUT2D eigenvalue weighted by atomic mass is 10.1. The zero-order valence-corrected chi connectivity index (χ0v) is 14.4. The highest BCUT2D eigenvalue weighted by molar-refractivity contribution is 5.80. The molecule has 1 atom stereocenters. The van der Waals surface area contributed by atoms with Gasteiger partial charge in [-0.1, -0.05) is 81.1 Å². The molecule has 0 aliphatic rings. The number of hydrogen-bond acceptors (Lipinski definition) is 2. The van der Waals surface area contributed by atoms with Crippen molar-refractivity contribution in [2.24, 2.45) is 0 Å². The van der Waals surface area contributed by atoms with Gasteiger partial charge in [0.2, 0.25) is 0 Å². The number of carboxylic acid groups (broad SMARTS) is 1. The van der Waals surface area contributed by atoms with Crippen LogP contribution in [0.1, 0.15) is 64.7 Å². The van der Waals surface area contributed by atoms with Crippen LogP contribution in [0.5, 0.6) is 0 Å². The zero-order chi connectivity index (χ0) is 17.2. The second kappa shape index (κ2) is 16.8. The van der Waals surface area contributed by atoms with Crippen molar-refractivity contribution in [3.8, 4) is 0 Å². The van der Waals surface area contributed by atoms with Crippen molar-refractivity contribution in [1.82, 2.24) is 0 Å². The Labute approximate surface area is 141 Å². The van der Waals surface area contributed by atoms with Crippen molar-refractivity contribution in [2.75, 3.05) is 0 Å². The molecule has 0 rings (SSSR count). The third-order valence-corrected chi connectivity index (χ3v) is 3.42. The maximum atomic E-state index is 10.2. The number of carboxylic acids is 1. The third kappa shape index (κ3) is 20.4. The molecule has 1 unspecified atom stereocenters. The van der Waals surface area contributed by atoms with E-state index in [0.717, 1.165) is 25.3 Å². The van der Waals surface area contributed by atoms with Gasteiger partial charge in [0.1, 0.15) is 0 Å². The summed E-state index contributed by atoms with van der Waals surface area (Å²) in [5, 5.41) is 17.5. The summed E-state index contributed by atoms with van der Waals surface area (Å²) in [6.07, 6.45) is 24.8. The summed E-state index contributed by atoms with van der Waals surface area (Å²) < 4.78 is 0. The van der Waals surface area contributed by atoms with Crippen LogP contribution in [-0.4, -0.2) is 22.3 Å². The molecule has 0 aromatic rings. The summed E-state index contributed by atoms with van der Waals surface area (Å²) in [5.74, 6) is -0.932. The molecule has 130 valence electrons. The molecule has 0 radical (unpaired) electrons. The van der Waals surface area contributed by atoms with Crippen LogP contribution >= 0.6 is 0 Å². The predicted molar refractivity (Wildman–Crippen MR) is 97.4 cm³/mol. The number of rotatable bonds is 14. The molecule has 0 amide bonds. The van der Waals surface area contributed by atoms with Gasteiger partial charge in [0, 0.05) is 6.08 Å². The normalized spacial score (nSPS) is 13.8. The van der Waals surface area contributed by atoms with E-state index in [0.29, 0.717) is 0 Å². The van der Waals surface area contributed by atoms with Crippen LogP contribution in [0.4, 0.5) is 0 Å². The Kier molecular flexibility index (Phi) is 15.6. The SMILES string of the molecule is CC(O)CCCCCCCCCC=CC=CC=CC=CC(=O)O. The largest absolute Gasteiger partial charge is 0.478 e. The molecule has 0 aliphatic carbocycles. The smallest absolute Gasteiger partial charge is 0.328 e. The number of aliphatic hydroxyl groups is 1. The Hall–Kier alpha value is -1.61. The first-order chi connectivity index (χ1) is 11.1. The summed E-state index contributed by atoms with van der Waals surface area (Å²) in [6.45, 7) is 1.86. The van der Waals surface area contributed by atoms with Gasteiger partial charge in [-0.05, 0) is 26.2 Å².